The van der Waals surface area contributed by atoms with Crippen LogP contribution >= 0.6 is 0 Å². The molecule has 5 heteroatoms. The maximum Gasteiger partial charge on any atom is 0.349 e. The van der Waals surface area contributed by atoms with Gasteiger partial charge in [-0.15, -0.1) is 0 Å². The molecule has 1 heterocycles. The summed E-state index contributed by atoms with van der Waals surface area (Å²) in [6.45, 7) is 1.77. The molecule has 0 fully saturated rings. The van der Waals surface area contributed by atoms with Gasteiger partial charge in [-0.2, -0.15) is 4.98 Å². The Morgan fingerprint density at radius 2 is 2.42 bits per heavy atom. The number of rotatable bonds is 2. The molecular weight excluding hydrogens is 158 g/mol. The van der Waals surface area contributed by atoms with Crippen molar-refractivity contribution in [1.29, 1.82) is 0 Å². The Bertz CT molecular complexity index is 332. The van der Waals surface area contributed by atoms with Crippen LogP contribution in [0, 0.1) is 6.92 Å². The summed E-state index contributed by atoms with van der Waals surface area (Å²) >= 11 is 0. The third-order valence-corrected chi connectivity index (χ3v) is 1.49. The number of aliphatic hydroxyl groups excluding tert-OH is 1. The molecule has 0 unspecified atom stereocenters. The van der Waals surface area contributed by atoms with E-state index in [1.807, 2.05) is 0 Å². The summed E-state index contributed by atoms with van der Waals surface area (Å²) in [4.78, 5) is 14.8. The van der Waals surface area contributed by atoms with E-state index in [-0.39, 0.29) is 13.2 Å². The van der Waals surface area contributed by atoms with Crippen LogP contribution in [0.4, 0.5) is 5.82 Å². The highest BCUT2D eigenvalue weighted by atomic mass is 16.3. The molecule has 0 saturated carbocycles. The van der Waals surface area contributed by atoms with Gasteiger partial charge in [-0.25, -0.2) is 4.79 Å². The fraction of sp³-hybridized carbons (Fsp3) is 0.429. The lowest BCUT2D eigenvalue weighted by Crippen LogP contribution is -2.27. The van der Waals surface area contributed by atoms with Gasteiger partial charge in [0.1, 0.15) is 5.82 Å². The average molecular weight is 169 g/mol. The Hall–Kier alpha value is -1.36. The zero-order chi connectivity index (χ0) is 9.14. The Morgan fingerprint density at radius 1 is 1.75 bits per heavy atom. The smallest absolute Gasteiger partial charge is 0.349 e. The Morgan fingerprint density at radius 3 is 2.92 bits per heavy atom. The predicted octanol–water partition coefficient (Wildman–Crippen LogP) is -0.874. The zero-order valence-corrected chi connectivity index (χ0v) is 6.82. The second-order valence-corrected chi connectivity index (χ2v) is 2.48. The molecule has 1 aromatic heterocycles. The van der Waals surface area contributed by atoms with E-state index in [1.54, 1.807) is 13.0 Å². The average Bonchev–Trinajstić information content (AvgIpc) is 1.96. The molecule has 12 heavy (non-hydrogen) atoms. The van der Waals surface area contributed by atoms with Crippen molar-refractivity contribution in [1.82, 2.24) is 9.55 Å². The van der Waals surface area contributed by atoms with Gasteiger partial charge in [0.25, 0.3) is 0 Å². The molecule has 0 atom stereocenters. The molecule has 5 nitrogen and oxygen atoms in total. The fourth-order valence-corrected chi connectivity index (χ4v) is 0.971. The second kappa shape index (κ2) is 3.36. The maximum absolute atomic E-state index is 11.1. The highest BCUT2D eigenvalue weighted by Gasteiger charge is 2.01. The lowest BCUT2D eigenvalue weighted by Gasteiger charge is -2.06. The summed E-state index contributed by atoms with van der Waals surface area (Å²) < 4.78 is 1.23. The minimum absolute atomic E-state index is 0.116. The first-order chi connectivity index (χ1) is 5.65. The van der Waals surface area contributed by atoms with Gasteiger partial charge in [-0.1, -0.05) is 0 Å². The van der Waals surface area contributed by atoms with Crippen LogP contribution in [0.25, 0.3) is 0 Å². The van der Waals surface area contributed by atoms with E-state index in [0.717, 1.165) is 0 Å². The molecule has 3 N–H and O–H groups in total. The van der Waals surface area contributed by atoms with Crippen LogP contribution in [0.2, 0.25) is 0 Å². The number of aromatic nitrogens is 2. The number of nitrogens with two attached hydrogens (primary N) is 1. The van der Waals surface area contributed by atoms with Crippen LogP contribution in [0.5, 0.6) is 0 Å². The summed E-state index contributed by atoms with van der Waals surface area (Å²) in [7, 11) is 0. The van der Waals surface area contributed by atoms with Crippen molar-refractivity contribution >= 4 is 5.82 Å². The Balaban J connectivity index is 3.19. The zero-order valence-electron chi connectivity index (χ0n) is 6.82. The molecule has 0 aliphatic heterocycles. The number of hydrogen-bond acceptors (Lipinski definition) is 4. The number of nitrogen functional groups attached to an aromatic ring is 1. The Labute approximate surface area is 69.5 Å². The maximum atomic E-state index is 11.1. The topological polar surface area (TPSA) is 81.1 Å². The number of nitrogens with zero attached hydrogens (tertiary/aromatic N) is 2. The van der Waals surface area contributed by atoms with Crippen molar-refractivity contribution in [3.63, 3.8) is 0 Å². The second-order valence-electron chi connectivity index (χ2n) is 2.48. The first kappa shape index (κ1) is 8.73. The molecule has 0 radical (unpaired) electrons. The van der Waals surface area contributed by atoms with E-state index in [1.165, 1.54) is 4.57 Å². The predicted molar refractivity (Wildman–Crippen MR) is 44.7 cm³/mol. The first-order valence-corrected chi connectivity index (χ1v) is 3.60. The molecule has 1 rings (SSSR count). The third kappa shape index (κ3) is 1.62. The minimum Gasteiger partial charge on any atom is -0.395 e. The summed E-state index contributed by atoms with van der Waals surface area (Å²) in [6.07, 6.45) is 0. The Kier molecular flexibility index (Phi) is 2.44. The summed E-state index contributed by atoms with van der Waals surface area (Å²) in [5.41, 5.74) is 5.69. The van der Waals surface area contributed by atoms with Gasteiger partial charge in [-0.3, -0.25) is 4.57 Å². The number of aliphatic hydroxyl groups is 1. The molecule has 0 amide bonds. The van der Waals surface area contributed by atoms with Gasteiger partial charge in [0.15, 0.2) is 0 Å². The van der Waals surface area contributed by atoms with Gasteiger partial charge in [-0.05, 0) is 13.0 Å². The highest BCUT2D eigenvalue weighted by Crippen LogP contribution is 1.98. The van der Waals surface area contributed by atoms with Crippen molar-refractivity contribution in [3.8, 4) is 0 Å². The molecule has 0 aromatic carbocycles. The summed E-state index contributed by atoms with van der Waals surface area (Å²) in [6, 6.07) is 1.59. The number of aryl methyl sites for hydroxylation is 1. The van der Waals surface area contributed by atoms with Gasteiger partial charge >= 0.3 is 5.69 Å². The molecule has 0 saturated heterocycles. The van der Waals surface area contributed by atoms with Gasteiger partial charge in [0, 0.05) is 5.69 Å². The summed E-state index contributed by atoms with van der Waals surface area (Å²) in [5.74, 6) is 0.335. The molecule has 66 valence electrons. The lowest BCUT2D eigenvalue weighted by atomic mass is 10.4. The highest BCUT2D eigenvalue weighted by molar-refractivity contribution is 5.29. The van der Waals surface area contributed by atoms with Crippen molar-refractivity contribution in [3.05, 3.63) is 22.2 Å². The van der Waals surface area contributed by atoms with Crippen LogP contribution in [-0.4, -0.2) is 21.3 Å². The largest absolute Gasteiger partial charge is 0.395 e. The van der Waals surface area contributed by atoms with E-state index in [4.69, 9.17) is 10.8 Å². The van der Waals surface area contributed by atoms with Gasteiger partial charge in [0.05, 0.1) is 13.2 Å². The van der Waals surface area contributed by atoms with E-state index in [0.29, 0.717) is 11.5 Å². The molecule has 0 aliphatic carbocycles. The van der Waals surface area contributed by atoms with Crippen molar-refractivity contribution in [2.45, 2.75) is 13.5 Å². The van der Waals surface area contributed by atoms with E-state index >= 15 is 0 Å². The van der Waals surface area contributed by atoms with Gasteiger partial charge in [0.2, 0.25) is 0 Å². The standard InChI is InChI=1S/C7H11N3O2/c1-5-4-6(8)10(2-3-11)7(12)9-5/h4,11H,2-3,8H2,1H3. The van der Waals surface area contributed by atoms with E-state index in [9.17, 15) is 4.79 Å². The van der Waals surface area contributed by atoms with Crippen LogP contribution in [-0.2, 0) is 6.54 Å². The molecule has 0 spiro atoms. The minimum atomic E-state index is -0.415. The lowest BCUT2D eigenvalue weighted by molar-refractivity contribution is 0.274. The third-order valence-electron chi connectivity index (χ3n) is 1.49. The molecule has 1 aromatic rings. The van der Waals surface area contributed by atoms with Crippen molar-refractivity contribution < 1.29 is 5.11 Å². The quantitative estimate of drug-likeness (QED) is 0.602. The molecule has 0 bridgehead atoms. The van der Waals surface area contributed by atoms with Crippen LogP contribution in [0.1, 0.15) is 5.69 Å². The number of hydrogen-bond donors (Lipinski definition) is 2. The molecular formula is C7H11N3O2. The monoisotopic (exact) mass is 169 g/mol. The van der Waals surface area contributed by atoms with Crippen LogP contribution in [0.15, 0.2) is 10.9 Å². The normalized spacial score (nSPS) is 10.2. The SMILES string of the molecule is Cc1cc(N)n(CCO)c(=O)n1. The molecule has 0 aliphatic rings. The van der Waals surface area contributed by atoms with E-state index in [2.05, 4.69) is 4.98 Å². The fourth-order valence-electron chi connectivity index (χ4n) is 0.971. The van der Waals surface area contributed by atoms with Gasteiger partial charge < -0.3 is 10.8 Å². The van der Waals surface area contributed by atoms with Crippen LogP contribution in [0.3, 0.4) is 0 Å². The number of anilines is 1. The van der Waals surface area contributed by atoms with Crippen molar-refractivity contribution in [2.75, 3.05) is 12.3 Å². The van der Waals surface area contributed by atoms with Crippen molar-refractivity contribution in [2.24, 2.45) is 0 Å². The van der Waals surface area contributed by atoms with Crippen LogP contribution < -0.4 is 11.4 Å². The van der Waals surface area contributed by atoms with E-state index < -0.39 is 5.69 Å². The first-order valence-electron chi connectivity index (χ1n) is 3.60. The summed E-state index contributed by atoms with van der Waals surface area (Å²) in [5, 5.41) is 8.59.